The molecule has 2 rings (SSSR count). The van der Waals surface area contributed by atoms with E-state index in [0.717, 1.165) is 11.4 Å². The minimum Gasteiger partial charge on any atom is -0.323 e. The van der Waals surface area contributed by atoms with E-state index in [0.29, 0.717) is 5.52 Å². The number of aryl methyl sites for hydroxylation is 1. The summed E-state index contributed by atoms with van der Waals surface area (Å²) < 4.78 is 1.53. The molecule has 0 atom stereocenters. The molecule has 1 N–H and O–H groups in total. The molecule has 0 aliphatic heterocycles. The predicted molar refractivity (Wildman–Crippen MR) is 52.4 cm³/mol. The Labute approximate surface area is 80.8 Å². The van der Waals surface area contributed by atoms with Gasteiger partial charge in [0.1, 0.15) is 0 Å². The van der Waals surface area contributed by atoms with E-state index in [1.807, 2.05) is 20.8 Å². The molecule has 0 unspecified atom stereocenters. The van der Waals surface area contributed by atoms with Gasteiger partial charge < -0.3 is 4.98 Å². The predicted octanol–water partition coefficient (Wildman–Crippen LogP) is 0.849. The van der Waals surface area contributed by atoms with Crippen molar-refractivity contribution >= 4 is 5.52 Å². The lowest BCUT2D eigenvalue weighted by molar-refractivity contribution is 0.788. The molecule has 5 nitrogen and oxygen atoms in total. The van der Waals surface area contributed by atoms with E-state index in [-0.39, 0.29) is 11.5 Å². The number of rotatable bonds is 1. The van der Waals surface area contributed by atoms with Gasteiger partial charge >= 0.3 is 0 Å². The molecular weight excluding hydrogens is 180 g/mol. The standard InChI is InChI=1S/C9H12N4O/c1-5(2)7-8-9(14)10-6(3)4-13(8)12-11-7/h4-5H,1-3H3,(H,10,14). The fraction of sp³-hybridized carbons (Fsp3) is 0.444. The van der Waals surface area contributed by atoms with Gasteiger partial charge in [-0.1, -0.05) is 19.1 Å². The van der Waals surface area contributed by atoms with Gasteiger partial charge in [0.05, 0.1) is 11.9 Å². The highest BCUT2D eigenvalue weighted by Crippen LogP contribution is 2.13. The van der Waals surface area contributed by atoms with Crippen molar-refractivity contribution < 1.29 is 0 Å². The third kappa shape index (κ3) is 1.21. The molecule has 0 aliphatic carbocycles. The first-order chi connectivity index (χ1) is 6.59. The highest BCUT2D eigenvalue weighted by molar-refractivity contribution is 5.49. The number of aromatic nitrogens is 4. The van der Waals surface area contributed by atoms with Crippen LogP contribution < -0.4 is 5.56 Å². The van der Waals surface area contributed by atoms with E-state index in [9.17, 15) is 4.79 Å². The molecule has 0 fully saturated rings. The van der Waals surface area contributed by atoms with Crippen LogP contribution in [0.2, 0.25) is 0 Å². The molecule has 0 amide bonds. The quantitative estimate of drug-likeness (QED) is 0.728. The van der Waals surface area contributed by atoms with Crippen molar-refractivity contribution in [3.8, 4) is 0 Å². The third-order valence-corrected chi connectivity index (χ3v) is 2.11. The summed E-state index contributed by atoms with van der Waals surface area (Å²) in [5.41, 5.74) is 1.94. The van der Waals surface area contributed by atoms with E-state index in [4.69, 9.17) is 0 Å². The summed E-state index contributed by atoms with van der Waals surface area (Å²) in [7, 11) is 0. The SMILES string of the molecule is Cc1cn2nnc(C(C)C)c2c(=O)[nH]1. The second-order valence-corrected chi connectivity index (χ2v) is 3.69. The van der Waals surface area contributed by atoms with Gasteiger partial charge in [0.25, 0.3) is 5.56 Å². The molecule has 2 aromatic heterocycles. The Kier molecular flexibility index (Phi) is 1.87. The Morgan fingerprint density at radius 2 is 2.21 bits per heavy atom. The van der Waals surface area contributed by atoms with E-state index < -0.39 is 0 Å². The zero-order chi connectivity index (χ0) is 10.3. The first-order valence-corrected chi connectivity index (χ1v) is 4.54. The molecule has 2 aromatic rings. The van der Waals surface area contributed by atoms with Crippen LogP contribution in [0.3, 0.4) is 0 Å². The van der Waals surface area contributed by atoms with Crippen molar-refractivity contribution in [2.75, 3.05) is 0 Å². The molecule has 0 aromatic carbocycles. The van der Waals surface area contributed by atoms with Gasteiger partial charge in [-0.25, -0.2) is 4.52 Å². The van der Waals surface area contributed by atoms with Crippen LogP contribution in [0, 0.1) is 6.92 Å². The highest BCUT2D eigenvalue weighted by atomic mass is 16.1. The molecule has 5 heteroatoms. The van der Waals surface area contributed by atoms with Gasteiger partial charge in [0.15, 0.2) is 5.52 Å². The maximum absolute atomic E-state index is 11.6. The van der Waals surface area contributed by atoms with E-state index >= 15 is 0 Å². The minimum atomic E-state index is -0.126. The monoisotopic (exact) mass is 192 g/mol. The van der Waals surface area contributed by atoms with E-state index in [1.165, 1.54) is 4.52 Å². The fourth-order valence-electron chi connectivity index (χ4n) is 1.46. The van der Waals surface area contributed by atoms with Crippen molar-refractivity contribution in [3.05, 3.63) is 27.9 Å². The van der Waals surface area contributed by atoms with Gasteiger partial charge in [0, 0.05) is 5.69 Å². The molecule has 0 bridgehead atoms. The lowest BCUT2D eigenvalue weighted by atomic mass is 10.1. The molecule has 14 heavy (non-hydrogen) atoms. The van der Waals surface area contributed by atoms with E-state index in [2.05, 4.69) is 15.3 Å². The maximum atomic E-state index is 11.6. The van der Waals surface area contributed by atoms with Gasteiger partial charge in [-0.2, -0.15) is 0 Å². The molecule has 0 saturated heterocycles. The summed E-state index contributed by atoms with van der Waals surface area (Å²) in [5, 5.41) is 7.90. The fourth-order valence-corrected chi connectivity index (χ4v) is 1.46. The Bertz CT molecular complexity index is 523. The highest BCUT2D eigenvalue weighted by Gasteiger charge is 2.12. The Morgan fingerprint density at radius 1 is 1.50 bits per heavy atom. The number of H-pyrrole nitrogens is 1. The normalized spacial score (nSPS) is 11.4. The topological polar surface area (TPSA) is 63.1 Å². The maximum Gasteiger partial charge on any atom is 0.276 e. The number of aromatic amines is 1. The summed E-state index contributed by atoms with van der Waals surface area (Å²) in [6.45, 7) is 5.80. The summed E-state index contributed by atoms with van der Waals surface area (Å²) in [5.74, 6) is 0.205. The minimum absolute atomic E-state index is 0.126. The largest absolute Gasteiger partial charge is 0.323 e. The number of nitrogens with one attached hydrogen (secondary N) is 1. The smallest absolute Gasteiger partial charge is 0.276 e. The summed E-state index contributed by atoms with van der Waals surface area (Å²) in [4.78, 5) is 14.4. The van der Waals surface area contributed by atoms with Gasteiger partial charge in [0.2, 0.25) is 0 Å². The summed E-state index contributed by atoms with van der Waals surface area (Å²) >= 11 is 0. The van der Waals surface area contributed by atoms with Crippen LogP contribution >= 0.6 is 0 Å². The van der Waals surface area contributed by atoms with Gasteiger partial charge in [-0.3, -0.25) is 4.79 Å². The average Bonchev–Trinajstić information content (AvgIpc) is 2.47. The lowest BCUT2D eigenvalue weighted by Crippen LogP contribution is -2.12. The molecule has 0 aliphatic rings. The Hall–Kier alpha value is -1.65. The van der Waals surface area contributed by atoms with Crippen molar-refractivity contribution in [1.82, 2.24) is 19.8 Å². The van der Waals surface area contributed by atoms with Crippen LogP contribution in [0.1, 0.15) is 31.2 Å². The second kappa shape index (κ2) is 2.94. The van der Waals surface area contributed by atoms with Crippen molar-refractivity contribution in [1.29, 1.82) is 0 Å². The first kappa shape index (κ1) is 8.93. The summed E-state index contributed by atoms with van der Waals surface area (Å²) in [6.07, 6.45) is 1.76. The molecule has 74 valence electrons. The number of nitrogens with zero attached hydrogens (tertiary/aromatic N) is 3. The third-order valence-electron chi connectivity index (χ3n) is 2.11. The zero-order valence-electron chi connectivity index (χ0n) is 8.40. The van der Waals surface area contributed by atoms with Crippen molar-refractivity contribution in [2.24, 2.45) is 0 Å². The van der Waals surface area contributed by atoms with Crippen LogP contribution in [0.15, 0.2) is 11.0 Å². The van der Waals surface area contributed by atoms with Gasteiger partial charge in [-0.05, 0) is 12.8 Å². The van der Waals surface area contributed by atoms with Crippen molar-refractivity contribution in [2.45, 2.75) is 26.7 Å². The van der Waals surface area contributed by atoms with Crippen LogP contribution in [-0.2, 0) is 0 Å². The molecule has 2 heterocycles. The van der Waals surface area contributed by atoms with Crippen LogP contribution in [-0.4, -0.2) is 19.8 Å². The average molecular weight is 192 g/mol. The zero-order valence-corrected chi connectivity index (χ0v) is 8.40. The van der Waals surface area contributed by atoms with E-state index in [1.54, 1.807) is 6.20 Å². The van der Waals surface area contributed by atoms with Crippen LogP contribution in [0.5, 0.6) is 0 Å². The molecular formula is C9H12N4O. The molecule has 0 saturated carbocycles. The number of hydrogen-bond donors (Lipinski definition) is 1. The summed E-state index contributed by atoms with van der Waals surface area (Å²) in [6, 6.07) is 0. The van der Waals surface area contributed by atoms with Gasteiger partial charge in [-0.15, -0.1) is 5.10 Å². The lowest BCUT2D eigenvalue weighted by Gasteiger charge is -1.99. The van der Waals surface area contributed by atoms with Crippen LogP contribution in [0.4, 0.5) is 0 Å². The first-order valence-electron chi connectivity index (χ1n) is 4.54. The Morgan fingerprint density at radius 3 is 2.86 bits per heavy atom. The second-order valence-electron chi connectivity index (χ2n) is 3.69. The van der Waals surface area contributed by atoms with Crippen molar-refractivity contribution in [3.63, 3.8) is 0 Å². The number of fused-ring (bicyclic) bond motifs is 1. The Balaban J connectivity index is 2.86. The van der Waals surface area contributed by atoms with Crippen LogP contribution in [0.25, 0.3) is 5.52 Å². The number of hydrogen-bond acceptors (Lipinski definition) is 3. The molecule has 0 spiro atoms. The molecule has 0 radical (unpaired) electrons.